The maximum Gasteiger partial charge on any atom is 0.287 e. The number of amides is 2. The Morgan fingerprint density at radius 3 is 2.90 bits per heavy atom. The number of furan rings is 1. The van der Waals surface area contributed by atoms with Gasteiger partial charge in [-0.3, -0.25) is 9.59 Å². The summed E-state index contributed by atoms with van der Waals surface area (Å²) in [5, 5.41) is 5.66. The summed E-state index contributed by atoms with van der Waals surface area (Å²) in [6.07, 6.45) is 0.384. The lowest BCUT2D eigenvalue weighted by Gasteiger charge is -2.14. The number of anilines is 1. The lowest BCUT2D eigenvalue weighted by Crippen LogP contribution is -2.26. The largest absolute Gasteiger partial charge is 0.444 e. The fraction of sp³-hybridized carbons (Fsp3) is 0.200. The topological polar surface area (TPSA) is 71.3 Å². The minimum Gasteiger partial charge on any atom is -0.444 e. The zero-order valence-electron chi connectivity index (χ0n) is 11.3. The molecule has 5 nitrogen and oxygen atoms in total. The van der Waals surface area contributed by atoms with Crippen molar-refractivity contribution < 1.29 is 14.0 Å². The Kier molecular flexibility index (Phi) is 3.55. The highest BCUT2D eigenvalue weighted by atomic mass is 79.9. The SMILES string of the molecule is C[C@H](NC(=O)c1ccc(Br)o1)c1ccc2c(c1)CC(=O)N2. The average molecular weight is 349 g/mol. The van der Waals surface area contributed by atoms with Gasteiger partial charge in [-0.2, -0.15) is 0 Å². The van der Waals surface area contributed by atoms with Crippen LogP contribution in [-0.2, 0) is 11.2 Å². The van der Waals surface area contributed by atoms with Gasteiger partial charge in [0.05, 0.1) is 12.5 Å². The summed E-state index contributed by atoms with van der Waals surface area (Å²) in [6, 6.07) is 8.80. The highest BCUT2D eigenvalue weighted by Crippen LogP contribution is 2.26. The molecule has 0 radical (unpaired) electrons. The third-order valence-corrected chi connectivity index (χ3v) is 3.83. The number of carbonyl (C=O) groups is 2. The second kappa shape index (κ2) is 5.37. The summed E-state index contributed by atoms with van der Waals surface area (Å²) >= 11 is 3.17. The maximum absolute atomic E-state index is 12.0. The highest BCUT2D eigenvalue weighted by molar-refractivity contribution is 9.10. The van der Waals surface area contributed by atoms with Gasteiger partial charge in [-0.1, -0.05) is 12.1 Å². The molecule has 1 aromatic heterocycles. The van der Waals surface area contributed by atoms with E-state index >= 15 is 0 Å². The Bertz CT molecular complexity index is 723. The molecule has 21 heavy (non-hydrogen) atoms. The molecule has 2 N–H and O–H groups in total. The van der Waals surface area contributed by atoms with Gasteiger partial charge in [-0.15, -0.1) is 0 Å². The molecule has 1 aliphatic rings. The van der Waals surface area contributed by atoms with Crippen molar-refractivity contribution in [2.75, 3.05) is 5.32 Å². The molecular weight excluding hydrogens is 336 g/mol. The average Bonchev–Trinajstić information content (AvgIpc) is 3.02. The minimum absolute atomic E-state index is 0.000672. The molecule has 0 bridgehead atoms. The summed E-state index contributed by atoms with van der Waals surface area (Å²) < 4.78 is 5.74. The van der Waals surface area contributed by atoms with E-state index in [1.165, 1.54) is 0 Å². The van der Waals surface area contributed by atoms with E-state index in [0.717, 1.165) is 16.8 Å². The number of halogens is 1. The van der Waals surface area contributed by atoms with Gasteiger partial charge in [-0.05, 0) is 52.2 Å². The second-order valence-electron chi connectivity index (χ2n) is 4.94. The van der Waals surface area contributed by atoms with Gasteiger partial charge in [0.15, 0.2) is 10.4 Å². The molecule has 1 aliphatic heterocycles. The first kappa shape index (κ1) is 13.9. The van der Waals surface area contributed by atoms with Crippen molar-refractivity contribution >= 4 is 33.4 Å². The van der Waals surface area contributed by atoms with Crippen molar-refractivity contribution in [1.29, 1.82) is 0 Å². The van der Waals surface area contributed by atoms with Crippen LogP contribution in [0.5, 0.6) is 0 Å². The van der Waals surface area contributed by atoms with E-state index < -0.39 is 0 Å². The quantitative estimate of drug-likeness (QED) is 0.895. The van der Waals surface area contributed by atoms with Crippen molar-refractivity contribution in [2.45, 2.75) is 19.4 Å². The van der Waals surface area contributed by atoms with Crippen LogP contribution in [0.15, 0.2) is 39.4 Å². The van der Waals surface area contributed by atoms with Crippen molar-refractivity contribution in [3.8, 4) is 0 Å². The molecule has 0 spiro atoms. The number of hydrogen-bond donors (Lipinski definition) is 2. The van der Waals surface area contributed by atoms with Crippen molar-refractivity contribution in [3.05, 3.63) is 51.9 Å². The standard InChI is InChI=1S/C15H13BrN2O3/c1-8(17-15(20)12-4-5-13(16)21-12)9-2-3-11-10(6-9)7-14(19)18-11/h2-6,8H,7H2,1H3,(H,17,20)(H,18,19)/t8-/m0/s1. The van der Waals surface area contributed by atoms with Crippen LogP contribution in [0.2, 0.25) is 0 Å². The Labute approximate surface area is 129 Å². The molecule has 108 valence electrons. The lowest BCUT2D eigenvalue weighted by atomic mass is 10.0. The van der Waals surface area contributed by atoms with Crippen molar-refractivity contribution in [2.24, 2.45) is 0 Å². The van der Waals surface area contributed by atoms with Crippen LogP contribution in [0.3, 0.4) is 0 Å². The van der Waals surface area contributed by atoms with E-state index in [0.29, 0.717) is 11.1 Å². The van der Waals surface area contributed by atoms with Crippen LogP contribution < -0.4 is 10.6 Å². The Balaban J connectivity index is 1.74. The van der Waals surface area contributed by atoms with Gasteiger partial charge in [0.2, 0.25) is 5.91 Å². The zero-order chi connectivity index (χ0) is 15.0. The number of rotatable bonds is 3. The molecule has 0 unspecified atom stereocenters. The predicted octanol–water partition coefficient (Wildman–Crippen LogP) is 3.03. The summed E-state index contributed by atoms with van der Waals surface area (Å²) in [6.45, 7) is 1.89. The second-order valence-corrected chi connectivity index (χ2v) is 5.72. The molecule has 2 aromatic rings. The van der Waals surface area contributed by atoms with E-state index in [-0.39, 0.29) is 23.6 Å². The van der Waals surface area contributed by atoms with Gasteiger partial charge in [0, 0.05) is 5.69 Å². The van der Waals surface area contributed by atoms with Gasteiger partial charge in [0.1, 0.15) is 0 Å². The molecule has 0 aliphatic carbocycles. The Morgan fingerprint density at radius 1 is 1.38 bits per heavy atom. The third kappa shape index (κ3) is 2.85. The van der Waals surface area contributed by atoms with Crippen molar-refractivity contribution in [3.63, 3.8) is 0 Å². The van der Waals surface area contributed by atoms with Crippen LogP contribution in [0.4, 0.5) is 5.69 Å². The molecule has 1 aromatic carbocycles. The summed E-state index contributed by atoms with van der Waals surface area (Å²) in [5.74, 6) is -0.0195. The maximum atomic E-state index is 12.0. The van der Waals surface area contributed by atoms with Crippen molar-refractivity contribution in [1.82, 2.24) is 5.32 Å². The van der Waals surface area contributed by atoms with Crippen LogP contribution >= 0.6 is 15.9 Å². The third-order valence-electron chi connectivity index (χ3n) is 3.40. The molecule has 0 saturated carbocycles. The molecule has 1 atom stereocenters. The van der Waals surface area contributed by atoms with Crippen LogP contribution in [0, 0.1) is 0 Å². The fourth-order valence-corrected chi connectivity index (χ4v) is 2.61. The molecule has 6 heteroatoms. The van der Waals surface area contributed by atoms with Gasteiger partial charge >= 0.3 is 0 Å². The summed E-state index contributed by atoms with van der Waals surface area (Å²) in [7, 11) is 0. The first-order valence-electron chi connectivity index (χ1n) is 6.52. The Hall–Kier alpha value is -2.08. The van der Waals surface area contributed by atoms with Crippen LogP contribution in [0.1, 0.15) is 34.6 Å². The number of benzene rings is 1. The minimum atomic E-state index is -0.275. The molecule has 2 amide bonds. The van der Waals surface area contributed by atoms with Gasteiger partial charge in [0.25, 0.3) is 5.91 Å². The van der Waals surface area contributed by atoms with Gasteiger partial charge < -0.3 is 15.1 Å². The van der Waals surface area contributed by atoms with E-state index in [9.17, 15) is 9.59 Å². The van der Waals surface area contributed by atoms with E-state index in [1.807, 2.05) is 25.1 Å². The molecule has 0 fully saturated rings. The predicted molar refractivity (Wildman–Crippen MR) is 81.1 cm³/mol. The van der Waals surface area contributed by atoms with E-state index in [2.05, 4.69) is 26.6 Å². The van der Waals surface area contributed by atoms with E-state index in [1.54, 1.807) is 12.1 Å². The normalized spacial score (nSPS) is 14.5. The molecule has 2 heterocycles. The van der Waals surface area contributed by atoms with Crippen LogP contribution in [0.25, 0.3) is 0 Å². The number of carbonyl (C=O) groups excluding carboxylic acids is 2. The Morgan fingerprint density at radius 2 is 2.19 bits per heavy atom. The number of nitrogens with one attached hydrogen (secondary N) is 2. The smallest absolute Gasteiger partial charge is 0.287 e. The fourth-order valence-electron chi connectivity index (χ4n) is 2.31. The molecular formula is C15H13BrN2O3. The van der Waals surface area contributed by atoms with Gasteiger partial charge in [-0.25, -0.2) is 0 Å². The lowest BCUT2D eigenvalue weighted by molar-refractivity contribution is -0.115. The monoisotopic (exact) mass is 348 g/mol. The molecule has 0 saturated heterocycles. The first-order chi connectivity index (χ1) is 10.0. The highest BCUT2D eigenvalue weighted by Gasteiger charge is 2.20. The summed E-state index contributed by atoms with van der Waals surface area (Å²) in [4.78, 5) is 23.4. The molecule has 3 rings (SSSR count). The zero-order valence-corrected chi connectivity index (χ0v) is 12.9. The van der Waals surface area contributed by atoms with E-state index in [4.69, 9.17) is 4.42 Å². The van der Waals surface area contributed by atoms with Crippen LogP contribution in [-0.4, -0.2) is 11.8 Å². The first-order valence-corrected chi connectivity index (χ1v) is 7.31. The number of hydrogen-bond acceptors (Lipinski definition) is 3. The number of fused-ring (bicyclic) bond motifs is 1. The summed E-state index contributed by atoms with van der Waals surface area (Å²) in [5.41, 5.74) is 2.75.